The van der Waals surface area contributed by atoms with Gasteiger partial charge in [0, 0.05) is 17.6 Å². The highest BCUT2D eigenvalue weighted by atomic mass is 35.5. The van der Waals surface area contributed by atoms with Crippen molar-refractivity contribution in [2.75, 3.05) is 13.6 Å². The largest absolute Gasteiger partial charge is 0.325 e. The molecule has 4 amide bonds. The number of likely N-dealkylation sites (N-methyl/N-ethyl adjacent to an activating group) is 1. The maximum absolute atomic E-state index is 13.4. The summed E-state index contributed by atoms with van der Waals surface area (Å²) in [5.41, 5.74) is -2.20. The van der Waals surface area contributed by atoms with E-state index in [0.29, 0.717) is 12.8 Å². The van der Waals surface area contributed by atoms with Crippen molar-refractivity contribution in [3.8, 4) is 6.07 Å². The molecule has 1 aliphatic carbocycles. The Kier molecular flexibility index (Phi) is 5.54. The van der Waals surface area contributed by atoms with Crippen LogP contribution in [0.1, 0.15) is 44.6 Å². The first-order chi connectivity index (χ1) is 13.6. The van der Waals surface area contributed by atoms with Gasteiger partial charge in [-0.1, -0.05) is 36.9 Å². The Balaban J connectivity index is 1.81. The lowest BCUT2D eigenvalue weighted by atomic mass is 9.81. The van der Waals surface area contributed by atoms with Crippen LogP contribution in [0, 0.1) is 17.1 Å². The van der Waals surface area contributed by atoms with Crippen LogP contribution in [0.5, 0.6) is 0 Å². The first kappa shape index (κ1) is 21.1. The topological polar surface area (TPSA) is 93.5 Å². The van der Waals surface area contributed by atoms with Gasteiger partial charge < -0.3 is 10.2 Å². The second-order valence-corrected chi connectivity index (χ2v) is 8.13. The normalized spacial score (nSPS) is 23.5. The zero-order valence-electron chi connectivity index (χ0n) is 16.3. The Bertz CT molecular complexity index is 909. The number of nitrogens with zero attached hydrogens (tertiary/aromatic N) is 3. The molecule has 1 N–H and O–H groups in total. The van der Waals surface area contributed by atoms with Crippen LogP contribution in [0.25, 0.3) is 0 Å². The van der Waals surface area contributed by atoms with Crippen molar-refractivity contribution >= 4 is 29.4 Å². The summed E-state index contributed by atoms with van der Waals surface area (Å²) in [5, 5.41) is 12.2. The smallest absolute Gasteiger partial charge is 0.325 e. The van der Waals surface area contributed by atoms with E-state index in [2.05, 4.69) is 11.4 Å². The van der Waals surface area contributed by atoms with Gasteiger partial charge >= 0.3 is 6.03 Å². The average Bonchev–Trinajstić information content (AvgIpc) is 2.91. The highest BCUT2D eigenvalue weighted by Crippen LogP contribution is 2.35. The van der Waals surface area contributed by atoms with E-state index >= 15 is 0 Å². The summed E-state index contributed by atoms with van der Waals surface area (Å²) in [6, 6.07) is 5.04. The van der Waals surface area contributed by atoms with Crippen LogP contribution in [0.3, 0.4) is 0 Å². The molecule has 1 aromatic carbocycles. The molecule has 1 atom stereocenters. The molecule has 1 unspecified atom stereocenters. The first-order valence-electron chi connectivity index (χ1n) is 9.42. The van der Waals surface area contributed by atoms with Gasteiger partial charge in [0.15, 0.2) is 0 Å². The monoisotopic (exact) mass is 420 g/mol. The number of carbonyl (C=O) groups is 3. The molecule has 29 heavy (non-hydrogen) atoms. The van der Waals surface area contributed by atoms with E-state index in [4.69, 9.17) is 11.6 Å². The van der Waals surface area contributed by atoms with Crippen molar-refractivity contribution in [2.24, 2.45) is 0 Å². The van der Waals surface area contributed by atoms with Gasteiger partial charge in [-0.3, -0.25) is 14.5 Å². The molecule has 2 fully saturated rings. The molecule has 1 aliphatic heterocycles. The number of nitriles is 1. The van der Waals surface area contributed by atoms with Gasteiger partial charge in [-0.15, -0.1) is 0 Å². The molecule has 154 valence electrons. The zero-order valence-corrected chi connectivity index (χ0v) is 17.1. The van der Waals surface area contributed by atoms with Crippen molar-refractivity contribution in [1.29, 1.82) is 5.26 Å². The summed E-state index contributed by atoms with van der Waals surface area (Å²) in [4.78, 5) is 40.5. The predicted molar refractivity (Wildman–Crippen MR) is 103 cm³/mol. The summed E-state index contributed by atoms with van der Waals surface area (Å²) < 4.78 is 13.4. The molecule has 1 saturated carbocycles. The Morgan fingerprint density at radius 1 is 1.34 bits per heavy atom. The number of carbonyl (C=O) groups excluding carboxylic acids is 3. The lowest BCUT2D eigenvalue weighted by Crippen LogP contribution is -2.53. The van der Waals surface area contributed by atoms with E-state index in [1.165, 1.54) is 24.9 Å². The van der Waals surface area contributed by atoms with E-state index in [0.717, 1.165) is 36.3 Å². The molecule has 3 rings (SSSR count). The number of hydrogen-bond acceptors (Lipinski definition) is 4. The maximum Gasteiger partial charge on any atom is 0.325 e. The highest BCUT2D eigenvalue weighted by molar-refractivity contribution is 6.32. The fraction of sp³-hybridized carbons (Fsp3) is 0.500. The zero-order chi connectivity index (χ0) is 21.4. The summed E-state index contributed by atoms with van der Waals surface area (Å²) in [5.74, 6) is -1.72. The van der Waals surface area contributed by atoms with Crippen LogP contribution in [-0.2, 0) is 15.1 Å². The van der Waals surface area contributed by atoms with E-state index in [9.17, 15) is 24.0 Å². The number of urea groups is 1. The van der Waals surface area contributed by atoms with Crippen LogP contribution in [0.15, 0.2) is 18.2 Å². The van der Waals surface area contributed by atoms with Crippen LogP contribution in [0.2, 0.25) is 5.02 Å². The van der Waals surface area contributed by atoms with Crippen LogP contribution >= 0.6 is 11.6 Å². The van der Waals surface area contributed by atoms with Gasteiger partial charge in [0.05, 0.1) is 6.07 Å². The molecule has 0 bridgehead atoms. The third kappa shape index (κ3) is 3.55. The molecule has 0 spiro atoms. The molecule has 2 aliphatic rings. The van der Waals surface area contributed by atoms with Crippen molar-refractivity contribution in [3.63, 3.8) is 0 Å². The quantitative estimate of drug-likeness (QED) is 0.758. The summed E-state index contributed by atoms with van der Waals surface area (Å²) in [7, 11) is 1.53. The van der Waals surface area contributed by atoms with Crippen molar-refractivity contribution in [1.82, 2.24) is 15.1 Å². The minimum absolute atomic E-state index is 0.00270. The van der Waals surface area contributed by atoms with Gasteiger partial charge in [-0.05, 0) is 31.9 Å². The van der Waals surface area contributed by atoms with Gasteiger partial charge in [0.2, 0.25) is 5.91 Å². The van der Waals surface area contributed by atoms with Crippen molar-refractivity contribution in [3.05, 3.63) is 34.6 Å². The summed E-state index contributed by atoms with van der Waals surface area (Å²) in [6.07, 6.45) is 3.82. The Morgan fingerprint density at radius 2 is 2.00 bits per heavy atom. The van der Waals surface area contributed by atoms with Crippen LogP contribution in [-0.4, -0.2) is 46.8 Å². The molecular weight excluding hydrogens is 399 g/mol. The van der Waals surface area contributed by atoms with Crippen molar-refractivity contribution < 1.29 is 18.8 Å². The van der Waals surface area contributed by atoms with Gasteiger partial charge in [0.1, 0.15) is 23.4 Å². The molecule has 0 aromatic heterocycles. The molecule has 1 saturated heterocycles. The van der Waals surface area contributed by atoms with Crippen molar-refractivity contribution in [2.45, 2.75) is 50.1 Å². The molecule has 0 radical (unpaired) electrons. The second kappa shape index (κ2) is 7.64. The van der Waals surface area contributed by atoms with Crippen LogP contribution in [0.4, 0.5) is 9.18 Å². The number of nitrogens with one attached hydrogen (secondary N) is 1. The lowest BCUT2D eigenvalue weighted by molar-refractivity contribution is -0.141. The van der Waals surface area contributed by atoms with Gasteiger partial charge in [-0.2, -0.15) is 5.26 Å². The number of amides is 4. The average molecular weight is 421 g/mol. The predicted octanol–water partition coefficient (Wildman–Crippen LogP) is 2.93. The molecular formula is C20H22ClFN4O3. The molecule has 1 heterocycles. The first-order valence-corrected chi connectivity index (χ1v) is 9.80. The minimum Gasteiger partial charge on any atom is -0.325 e. The highest BCUT2D eigenvalue weighted by Gasteiger charge is 2.51. The summed E-state index contributed by atoms with van der Waals surface area (Å²) in [6.45, 7) is 0.970. The Morgan fingerprint density at radius 3 is 2.59 bits per heavy atom. The second-order valence-electron chi connectivity index (χ2n) is 7.73. The fourth-order valence-corrected chi connectivity index (χ4v) is 4.41. The number of imide groups is 1. The molecule has 7 nitrogen and oxygen atoms in total. The third-order valence-corrected chi connectivity index (χ3v) is 6.26. The molecule has 9 heteroatoms. The van der Waals surface area contributed by atoms with E-state index in [1.807, 2.05) is 0 Å². The number of halogens is 2. The minimum atomic E-state index is -1.52. The van der Waals surface area contributed by atoms with Gasteiger partial charge in [-0.25, -0.2) is 9.18 Å². The summed E-state index contributed by atoms with van der Waals surface area (Å²) >= 11 is 6.08. The Hall–Kier alpha value is -2.66. The fourth-order valence-electron chi connectivity index (χ4n) is 4.06. The van der Waals surface area contributed by atoms with Gasteiger partial charge in [0.25, 0.3) is 5.91 Å². The standard InChI is InChI=1S/C20H22ClFN4O3/c1-19(14-7-6-13(22)10-15(14)21)17(28)26(18(29)24-19)11-16(27)25(2)20(12-23)8-4-3-5-9-20/h6-7,10H,3-5,8-9,11H2,1-2H3,(H,24,29). The number of hydrogen-bond donors (Lipinski definition) is 1. The molecule has 1 aromatic rings. The Labute approximate surface area is 173 Å². The lowest BCUT2D eigenvalue weighted by Gasteiger charge is -2.39. The van der Waals surface area contributed by atoms with Crippen LogP contribution < -0.4 is 5.32 Å². The van der Waals surface area contributed by atoms with E-state index in [1.54, 1.807) is 0 Å². The maximum atomic E-state index is 13.4. The number of rotatable bonds is 4. The third-order valence-electron chi connectivity index (χ3n) is 5.94. The number of benzene rings is 1. The van der Waals surface area contributed by atoms with E-state index < -0.39 is 41.3 Å². The van der Waals surface area contributed by atoms with E-state index in [-0.39, 0.29) is 10.6 Å². The SMILES string of the molecule is CN(C(=O)CN1C(=O)NC(C)(c2ccc(F)cc2Cl)C1=O)C1(C#N)CCCCC1.